The number of aryl methyl sites for hydroxylation is 3. The van der Waals surface area contributed by atoms with Crippen LogP contribution in [0, 0.1) is 20.8 Å². The van der Waals surface area contributed by atoms with Gasteiger partial charge in [0.2, 0.25) is 10.0 Å². The molecule has 3 aromatic rings. The highest BCUT2D eigenvalue weighted by molar-refractivity contribution is 7.89. The molecule has 29 heavy (non-hydrogen) atoms. The van der Waals surface area contributed by atoms with Crippen LogP contribution >= 0.6 is 0 Å². The number of hydrogen-bond donors (Lipinski definition) is 0. The van der Waals surface area contributed by atoms with Crippen molar-refractivity contribution >= 4 is 10.0 Å². The lowest BCUT2D eigenvalue weighted by Gasteiger charge is -2.29. The molecule has 0 atom stereocenters. The molecule has 0 bridgehead atoms. The maximum Gasteiger partial charge on any atom is 0.258 e. The highest BCUT2D eigenvalue weighted by atomic mass is 32.2. The van der Waals surface area contributed by atoms with Gasteiger partial charge in [-0.2, -0.15) is 9.29 Å². The Hall–Kier alpha value is -2.51. The van der Waals surface area contributed by atoms with Gasteiger partial charge in [-0.05, 0) is 68.5 Å². The molecule has 2 aromatic carbocycles. The van der Waals surface area contributed by atoms with Gasteiger partial charge in [0.15, 0.2) is 5.82 Å². The van der Waals surface area contributed by atoms with E-state index in [1.54, 1.807) is 16.4 Å². The summed E-state index contributed by atoms with van der Waals surface area (Å²) >= 11 is 0. The van der Waals surface area contributed by atoms with Gasteiger partial charge in [-0.25, -0.2) is 8.42 Å². The zero-order valence-electron chi connectivity index (χ0n) is 16.9. The second-order valence-electron chi connectivity index (χ2n) is 7.70. The first-order chi connectivity index (χ1) is 13.9. The molecule has 152 valence electrons. The number of sulfonamides is 1. The molecule has 1 fully saturated rings. The molecule has 6 nitrogen and oxygen atoms in total. The maximum atomic E-state index is 13.0. The molecule has 4 rings (SSSR count). The van der Waals surface area contributed by atoms with Crippen molar-refractivity contribution in [2.45, 2.75) is 44.4 Å². The van der Waals surface area contributed by atoms with E-state index in [-0.39, 0.29) is 5.92 Å². The van der Waals surface area contributed by atoms with Crippen LogP contribution in [0.25, 0.3) is 11.5 Å². The Labute approximate surface area is 171 Å². The van der Waals surface area contributed by atoms with Crippen LogP contribution in [0.5, 0.6) is 0 Å². The van der Waals surface area contributed by atoms with Crippen molar-refractivity contribution in [2.75, 3.05) is 13.1 Å². The molecule has 0 N–H and O–H groups in total. The van der Waals surface area contributed by atoms with Gasteiger partial charge in [0.05, 0.1) is 4.90 Å². The van der Waals surface area contributed by atoms with Crippen LogP contribution in [0.2, 0.25) is 0 Å². The molecule has 2 heterocycles. The van der Waals surface area contributed by atoms with Gasteiger partial charge in [-0.1, -0.05) is 29.4 Å². The Kier molecular flexibility index (Phi) is 5.27. The summed E-state index contributed by atoms with van der Waals surface area (Å²) in [6.45, 7) is 6.83. The van der Waals surface area contributed by atoms with E-state index in [0.29, 0.717) is 42.5 Å². The van der Waals surface area contributed by atoms with Crippen molar-refractivity contribution in [3.8, 4) is 11.5 Å². The zero-order chi connectivity index (χ0) is 20.6. The lowest BCUT2D eigenvalue weighted by Crippen LogP contribution is -2.38. The van der Waals surface area contributed by atoms with E-state index >= 15 is 0 Å². The molecule has 0 radical (unpaired) electrons. The van der Waals surface area contributed by atoms with E-state index in [9.17, 15) is 8.42 Å². The van der Waals surface area contributed by atoms with Crippen molar-refractivity contribution in [3.63, 3.8) is 0 Å². The van der Waals surface area contributed by atoms with Crippen molar-refractivity contribution < 1.29 is 12.9 Å². The fraction of sp³-hybridized carbons (Fsp3) is 0.364. The summed E-state index contributed by atoms with van der Waals surface area (Å²) in [7, 11) is -3.48. The first-order valence-electron chi connectivity index (χ1n) is 9.83. The van der Waals surface area contributed by atoms with Crippen LogP contribution in [-0.2, 0) is 10.0 Å². The number of nitrogens with zero attached hydrogens (tertiary/aromatic N) is 3. The summed E-state index contributed by atoms with van der Waals surface area (Å²) in [5.41, 5.74) is 4.08. The number of rotatable bonds is 4. The van der Waals surface area contributed by atoms with E-state index in [0.717, 1.165) is 22.3 Å². The normalized spacial score (nSPS) is 16.2. The summed E-state index contributed by atoms with van der Waals surface area (Å²) in [5.74, 6) is 1.28. The third-order valence-electron chi connectivity index (χ3n) is 5.75. The fourth-order valence-corrected chi connectivity index (χ4v) is 5.26. The summed E-state index contributed by atoms with van der Waals surface area (Å²) < 4.78 is 33.0. The second-order valence-corrected chi connectivity index (χ2v) is 9.64. The largest absolute Gasteiger partial charge is 0.334 e. The average molecular weight is 412 g/mol. The Morgan fingerprint density at radius 1 is 0.966 bits per heavy atom. The average Bonchev–Trinajstić information content (AvgIpc) is 3.20. The molecule has 0 unspecified atom stereocenters. The summed E-state index contributed by atoms with van der Waals surface area (Å²) in [4.78, 5) is 4.95. The van der Waals surface area contributed by atoms with E-state index in [4.69, 9.17) is 4.52 Å². The van der Waals surface area contributed by atoms with E-state index in [2.05, 4.69) is 10.1 Å². The van der Waals surface area contributed by atoms with Crippen LogP contribution in [0.1, 0.15) is 41.3 Å². The first-order valence-corrected chi connectivity index (χ1v) is 11.3. The topological polar surface area (TPSA) is 76.3 Å². The van der Waals surface area contributed by atoms with Gasteiger partial charge >= 0.3 is 0 Å². The van der Waals surface area contributed by atoms with Crippen LogP contribution < -0.4 is 0 Å². The van der Waals surface area contributed by atoms with E-state index in [1.807, 2.05) is 51.1 Å². The minimum Gasteiger partial charge on any atom is -0.334 e. The highest BCUT2D eigenvalue weighted by Crippen LogP contribution is 2.31. The molecule has 0 saturated carbocycles. The Balaban J connectivity index is 1.47. The van der Waals surface area contributed by atoms with Crippen molar-refractivity contribution in [2.24, 2.45) is 0 Å². The van der Waals surface area contributed by atoms with Gasteiger partial charge in [-0.15, -0.1) is 0 Å². The van der Waals surface area contributed by atoms with Crippen molar-refractivity contribution in [1.29, 1.82) is 0 Å². The smallest absolute Gasteiger partial charge is 0.258 e. The van der Waals surface area contributed by atoms with Crippen molar-refractivity contribution in [1.82, 2.24) is 14.4 Å². The Morgan fingerprint density at radius 2 is 1.69 bits per heavy atom. The van der Waals surface area contributed by atoms with Gasteiger partial charge in [0, 0.05) is 24.6 Å². The fourth-order valence-electron chi connectivity index (χ4n) is 3.70. The Morgan fingerprint density at radius 3 is 2.38 bits per heavy atom. The number of aromatic nitrogens is 2. The molecule has 7 heteroatoms. The third-order valence-corrected chi connectivity index (χ3v) is 7.65. The molecule has 1 aliphatic rings. The lowest BCUT2D eigenvalue weighted by molar-refractivity contribution is 0.307. The van der Waals surface area contributed by atoms with Crippen LogP contribution in [-0.4, -0.2) is 36.0 Å². The minimum atomic E-state index is -3.48. The van der Waals surface area contributed by atoms with Gasteiger partial charge in [0.1, 0.15) is 0 Å². The predicted molar refractivity (Wildman–Crippen MR) is 111 cm³/mol. The lowest BCUT2D eigenvalue weighted by atomic mass is 9.97. The summed E-state index contributed by atoms with van der Waals surface area (Å²) in [6, 6.07) is 13.2. The number of hydrogen-bond acceptors (Lipinski definition) is 5. The predicted octanol–water partition coefficient (Wildman–Crippen LogP) is 4.23. The monoisotopic (exact) mass is 411 g/mol. The van der Waals surface area contributed by atoms with Crippen LogP contribution in [0.4, 0.5) is 0 Å². The summed E-state index contributed by atoms with van der Waals surface area (Å²) in [5, 5.41) is 4.17. The van der Waals surface area contributed by atoms with E-state index < -0.39 is 10.0 Å². The van der Waals surface area contributed by atoms with Gasteiger partial charge in [-0.3, -0.25) is 0 Å². The van der Waals surface area contributed by atoms with Crippen LogP contribution in [0.15, 0.2) is 51.9 Å². The standard InChI is InChI=1S/C22H25N3O3S/c1-15-8-9-19(14-17(15)3)29(26,27)25-12-10-18(11-13-25)21-23-22(28-24-21)20-7-5-4-6-16(20)2/h4-9,14,18H,10-13H2,1-3H3. The molecular formula is C22H25N3O3S. The van der Waals surface area contributed by atoms with Gasteiger partial charge in [0.25, 0.3) is 5.89 Å². The quantitative estimate of drug-likeness (QED) is 0.642. The number of piperidine rings is 1. The second kappa shape index (κ2) is 7.72. The Bertz CT molecular complexity index is 1130. The van der Waals surface area contributed by atoms with Crippen molar-refractivity contribution in [3.05, 3.63) is 65.0 Å². The molecule has 0 amide bonds. The van der Waals surface area contributed by atoms with Crippen LogP contribution in [0.3, 0.4) is 0 Å². The highest BCUT2D eigenvalue weighted by Gasteiger charge is 2.32. The molecule has 1 saturated heterocycles. The van der Waals surface area contributed by atoms with E-state index in [1.165, 1.54) is 0 Å². The van der Waals surface area contributed by atoms with Gasteiger partial charge < -0.3 is 4.52 Å². The maximum absolute atomic E-state index is 13.0. The summed E-state index contributed by atoms with van der Waals surface area (Å²) in [6.07, 6.45) is 1.35. The minimum absolute atomic E-state index is 0.0997. The number of benzene rings is 2. The molecule has 1 aliphatic heterocycles. The molecule has 1 aromatic heterocycles. The SMILES string of the molecule is Cc1ccc(S(=O)(=O)N2CCC(c3noc(-c4ccccc4C)n3)CC2)cc1C. The third kappa shape index (κ3) is 3.84. The molecular weight excluding hydrogens is 386 g/mol. The molecule has 0 spiro atoms. The molecule has 0 aliphatic carbocycles. The zero-order valence-corrected chi connectivity index (χ0v) is 17.7. The first kappa shape index (κ1) is 19.8.